The Hall–Kier alpha value is -0.580. The molecule has 1 heterocycles. The van der Waals surface area contributed by atoms with Crippen LogP contribution in [0, 0.1) is 5.92 Å². The normalized spacial score (nSPS) is 14.6. The Labute approximate surface area is 98.1 Å². The quantitative estimate of drug-likeness (QED) is 0.780. The fourth-order valence-corrected chi connectivity index (χ4v) is 1.87. The smallest absolute Gasteiger partial charge is 0.224 e. The molecule has 0 saturated heterocycles. The van der Waals surface area contributed by atoms with Gasteiger partial charge in [-0.15, -0.1) is 11.6 Å². The van der Waals surface area contributed by atoms with E-state index >= 15 is 0 Å². The van der Waals surface area contributed by atoms with E-state index in [9.17, 15) is 9.90 Å². The highest BCUT2D eigenvalue weighted by atomic mass is 35.5. The van der Waals surface area contributed by atoms with E-state index in [0.717, 1.165) is 5.56 Å². The maximum atomic E-state index is 11.3. The van der Waals surface area contributed by atoms with Crippen LogP contribution >= 0.6 is 22.9 Å². The third-order valence-electron chi connectivity index (χ3n) is 2.08. The van der Waals surface area contributed by atoms with Crippen LogP contribution in [-0.4, -0.2) is 23.4 Å². The SMILES string of the molecule is CC(CCl)C(=O)NCC(O)c1ccsc1. The van der Waals surface area contributed by atoms with Crippen LogP contribution in [0.2, 0.25) is 0 Å². The molecule has 0 aliphatic rings. The molecule has 3 nitrogen and oxygen atoms in total. The molecule has 1 amide bonds. The molecule has 0 saturated carbocycles. The summed E-state index contributed by atoms with van der Waals surface area (Å²) in [5.41, 5.74) is 0.832. The van der Waals surface area contributed by atoms with Crippen LogP contribution in [0.5, 0.6) is 0 Å². The molecule has 1 rings (SSSR count). The highest BCUT2D eigenvalue weighted by Gasteiger charge is 2.13. The Kier molecular flexibility index (Phi) is 5.08. The molecule has 5 heteroatoms. The number of rotatable bonds is 5. The molecule has 0 spiro atoms. The first-order valence-corrected chi connectivity index (χ1v) is 6.16. The number of carbonyl (C=O) groups excluding carboxylic acids is 1. The number of thiophene rings is 1. The standard InChI is InChI=1S/C10H14ClNO2S/c1-7(4-11)10(14)12-5-9(13)8-2-3-15-6-8/h2-3,6-7,9,13H,4-5H2,1H3,(H,12,14). The van der Waals surface area contributed by atoms with Gasteiger partial charge in [-0.2, -0.15) is 11.3 Å². The van der Waals surface area contributed by atoms with Crippen LogP contribution in [0.4, 0.5) is 0 Å². The van der Waals surface area contributed by atoms with E-state index in [4.69, 9.17) is 11.6 Å². The zero-order valence-corrected chi connectivity index (χ0v) is 10.0. The maximum absolute atomic E-state index is 11.3. The van der Waals surface area contributed by atoms with Gasteiger partial charge in [0.15, 0.2) is 0 Å². The number of amides is 1. The van der Waals surface area contributed by atoms with E-state index in [1.165, 1.54) is 11.3 Å². The van der Waals surface area contributed by atoms with Gasteiger partial charge in [0, 0.05) is 18.3 Å². The van der Waals surface area contributed by atoms with Crippen molar-refractivity contribution in [2.45, 2.75) is 13.0 Å². The molecule has 2 atom stereocenters. The second-order valence-electron chi connectivity index (χ2n) is 3.37. The predicted octanol–water partition coefficient (Wildman–Crippen LogP) is 1.77. The Morgan fingerprint density at radius 3 is 3.00 bits per heavy atom. The molecule has 0 radical (unpaired) electrons. The minimum Gasteiger partial charge on any atom is -0.387 e. The van der Waals surface area contributed by atoms with Crippen LogP contribution in [0.15, 0.2) is 16.8 Å². The fourth-order valence-electron chi connectivity index (χ4n) is 1.02. The summed E-state index contributed by atoms with van der Waals surface area (Å²) < 4.78 is 0. The summed E-state index contributed by atoms with van der Waals surface area (Å²) in [6, 6.07) is 1.84. The van der Waals surface area contributed by atoms with E-state index in [1.807, 2.05) is 16.8 Å². The largest absolute Gasteiger partial charge is 0.387 e. The Morgan fingerprint density at radius 1 is 1.73 bits per heavy atom. The molecule has 1 aromatic rings. The lowest BCUT2D eigenvalue weighted by Gasteiger charge is -2.12. The van der Waals surface area contributed by atoms with Crippen molar-refractivity contribution in [3.05, 3.63) is 22.4 Å². The lowest BCUT2D eigenvalue weighted by Crippen LogP contribution is -2.33. The highest BCUT2D eigenvalue weighted by Crippen LogP contribution is 2.15. The summed E-state index contributed by atoms with van der Waals surface area (Å²) in [6.07, 6.45) is -0.636. The molecule has 0 fully saturated rings. The summed E-state index contributed by atoms with van der Waals surface area (Å²) in [7, 11) is 0. The molecule has 2 unspecified atom stereocenters. The summed E-state index contributed by atoms with van der Waals surface area (Å²) in [6.45, 7) is 1.98. The van der Waals surface area contributed by atoms with Crippen molar-refractivity contribution < 1.29 is 9.90 Å². The molecule has 1 aromatic heterocycles. The van der Waals surface area contributed by atoms with Gasteiger partial charge in [0.25, 0.3) is 0 Å². The number of carbonyl (C=O) groups is 1. The average Bonchev–Trinajstić information content (AvgIpc) is 2.77. The molecule has 2 N–H and O–H groups in total. The zero-order valence-electron chi connectivity index (χ0n) is 8.44. The Bertz CT molecular complexity index is 302. The van der Waals surface area contributed by atoms with Crippen LogP contribution in [0.25, 0.3) is 0 Å². The van der Waals surface area contributed by atoms with Crippen molar-refractivity contribution in [3.8, 4) is 0 Å². The van der Waals surface area contributed by atoms with E-state index in [1.54, 1.807) is 6.92 Å². The topological polar surface area (TPSA) is 49.3 Å². The van der Waals surface area contributed by atoms with E-state index in [-0.39, 0.29) is 18.4 Å². The van der Waals surface area contributed by atoms with E-state index in [0.29, 0.717) is 5.88 Å². The average molecular weight is 248 g/mol. The minimum atomic E-state index is -0.636. The third kappa shape index (κ3) is 3.81. The van der Waals surface area contributed by atoms with Gasteiger partial charge in [-0.1, -0.05) is 6.92 Å². The van der Waals surface area contributed by atoms with Gasteiger partial charge in [0.2, 0.25) is 5.91 Å². The summed E-state index contributed by atoms with van der Waals surface area (Å²) in [5.74, 6) is -0.0546. The Balaban J connectivity index is 2.34. The van der Waals surface area contributed by atoms with Gasteiger partial charge in [0.05, 0.1) is 6.10 Å². The van der Waals surface area contributed by atoms with Gasteiger partial charge in [0.1, 0.15) is 0 Å². The van der Waals surface area contributed by atoms with Gasteiger partial charge >= 0.3 is 0 Å². The van der Waals surface area contributed by atoms with Crippen LogP contribution in [0.3, 0.4) is 0 Å². The number of nitrogens with one attached hydrogen (secondary N) is 1. The maximum Gasteiger partial charge on any atom is 0.224 e. The molecular formula is C10H14ClNO2S. The van der Waals surface area contributed by atoms with Gasteiger partial charge in [-0.3, -0.25) is 4.79 Å². The molecule has 15 heavy (non-hydrogen) atoms. The number of hydrogen-bond donors (Lipinski definition) is 2. The number of hydrogen-bond acceptors (Lipinski definition) is 3. The molecule has 0 bridgehead atoms. The van der Waals surface area contributed by atoms with E-state index < -0.39 is 6.10 Å². The van der Waals surface area contributed by atoms with Crippen molar-refractivity contribution >= 4 is 28.8 Å². The summed E-state index contributed by atoms with van der Waals surface area (Å²) in [5, 5.41) is 16.1. The Morgan fingerprint density at radius 2 is 2.47 bits per heavy atom. The fraction of sp³-hybridized carbons (Fsp3) is 0.500. The van der Waals surface area contributed by atoms with E-state index in [2.05, 4.69) is 5.32 Å². The van der Waals surface area contributed by atoms with Crippen molar-refractivity contribution in [3.63, 3.8) is 0 Å². The second-order valence-corrected chi connectivity index (χ2v) is 4.46. The second kappa shape index (κ2) is 6.10. The highest BCUT2D eigenvalue weighted by molar-refractivity contribution is 7.07. The predicted molar refractivity (Wildman–Crippen MR) is 62.2 cm³/mol. The molecule has 0 aliphatic carbocycles. The van der Waals surface area contributed by atoms with Gasteiger partial charge < -0.3 is 10.4 Å². The van der Waals surface area contributed by atoms with Crippen molar-refractivity contribution in [2.24, 2.45) is 5.92 Å². The van der Waals surface area contributed by atoms with Crippen molar-refractivity contribution in [1.82, 2.24) is 5.32 Å². The summed E-state index contributed by atoms with van der Waals surface area (Å²) >= 11 is 7.06. The summed E-state index contributed by atoms with van der Waals surface area (Å²) in [4.78, 5) is 11.3. The lowest BCUT2D eigenvalue weighted by molar-refractivity contribution is -0.124. The lowest BCUT2D eigenvalue weighted by atomic mass is 10.1. The molecule has 0 aromatic carbocycles. The molecule has 84 valence electrons. The van der Waals surface area contributed by atoms with Crippen molar-refractivity contribution in [1.29, 1.82) is 0 Å². The van der Waals surface area contributed by atoms with Gasteiger partial charge in [-0.05, 0) is 22.4 Å². The zero-order chi connectivity index (χ0) is 11.3. The first-order chi connectivity index (χ1) is 7.15. The molecular weight excluding hydrogens is 234 g/mol. The van der Waals surface area contributed by atoms with Crippen molar-refractivity contribution in [2.75, 3.05) is 12.4 Å². The number of alkyl halides is 1. The van der Waals surface area contributed by atoms with Crippen LogP contribution in [0.1, 0.15) is 18.6 Å². The third-order valence-corrected chi connectivity index (χ3v) is 3.24. The monoisotopic (exact) mass is 247 g/mol. The van der Waals surface area contributed by atoms with Gasteiger partial charge in [-0.25, -0.2) is 0 Å². The minimum absolute atomic E-state index is 0.126. The number of aliphatic hydroxyl groups is 1. The number of aliphatic hydroxyl groups excluding tert-OH is 1. The van der Waals surface area contributed by atoms with Crippen LogP contribution < -0.4 is 5.32 Å². The number of halogens is 1. The first kappa shape index (κ1) is 12.5. The first-order valence-electron chi connectivity index (χ1n) is 4.69. The molecule has 0 aliphatic heterocycles. The van der Waals surface area contributed by atoms with Crippen LogP contribution in [-0.2, 0) is 4.79 Å².